The van der Waals surface area contributed by atoms with E-state index in [1.807, 2.05) is 71.3 Å². The van der Waals surface area contributed by atoms with Crippen molar-refractivity contribution in [1.82, 2.24) is 9.38 Å². The van der Waals surface area contributed by atoms with Gasteiger partial charge in [-0.1, -0.05) is 42.5 Å². The highest BCUT2D eigenvalue weighted by molar-refractivity contribution is 14.1. The Bertz CT molecular complexity index is 1020. The maximum atomic E-state index is 12.8. The molecule has 4 rings (SSSR count). The molecule has 4 aromatic rings. The van der Waals surface area contributed by atoms with Crippen LogP contribution in [0.1, 0.15) is 16.2 Å². The minimum absolute atomic E-state index is 0.0603. The molecule has 4 heteroatoms. The summed E-state index contributed by atoms with van der Waals surface area (Å²) in [4.78, 5) is 17.3. The van der Waals surface area contributed by atoms with E-state index in [9.17, 15) is 4.79 Å². The highest BCUT2D eigenvalue weighted by Crippen LogP contribution is 2.20. The molecule has 0 spiro atoms. The first-order valence-corrected chi connectivity index (χ1v) is 7.98. The van der Waals surface area contributed by atoms with Crippen LogP contribution in [0.2, 0.25) is 0 Å². The van der Waals surface area contributed by atoms with E-state index in [-0.39, 0.29) is 5.78 Å². The van der Waals surface area contributed by atoms with Gasteiger partial charge in [-0.2, -0.15) is 0 Å². The lowest BCUT2D eigenvalue weighted by Crippen LogP contribution is -2.06. The summed E-state index contributed by atoms with van der Waals surface area (Å²) in [6.07, 6.45) is 1.87. The summed E-state index contributed by atoms with van der Waals surface area (Å²) in [6, 6.07) is 19.6. The molecule has 0 amide bonds. The topological polar surface area (TPSA) is 34.4 Å². The van der Waals surface area contributed by atoms with Crippen LogP contribution < -0.4 is 0 Å². The van der Waals surface area contributed by atoms with Gasteiger partial charge in [-0.3, -0.25) is 9.20 Å². The summed E-state index contributed by atoms with van der Waals surface area (Å²) in [6.45, 7) is 0. The molecule has 0 aliphatic rings. The molecular formula is C18H11IN2O. The molecular weight excluding hydrogens is 387 g/mol. The van der Waals surface area contributed by atoms with Gasteiger partial charge in [-0.25, -0.2) is 4.98 Å². The summed E-state index contributed by atoms with van der Waals surface area (Å²) in [7, 11) is 0. The highest BCUT2D eigenvalue weighted by Gasteiger charge is 2.17. The third-order valence-electron chi connectivity index (χ3n) is 3.72. The fraction of sp³-hybridized carbons (Fsp3) is 0. The van der Waals surface area contributed by atoms with Gasteiger partial charge in [0, 0.05) is 11.8 Å². The summed E-state index contributed by atoms with van der Waals surface area (Å²) in [5.41, 5.74) is 1.61. The zero-order chi connectivity index (χ0) is 15.1. The third-order valence-corrected chi connectivity index (χ3v) is 4.51. The minimum atomic E-state index is -0.0603. The monoisotopic (exact) mass is 398 g/mol. The fourth-order valence-corrected chi connectivity index (χ4v) is 3.29. The van der Waals surface area contributed by atoms with Gasteiger partial charge >= 0.3 is 0 Å². The molecule has 2 heterocycles. The summed E-state index contributed by atoms with van der Waals surface area (Å²) in [5, 5.41) is 2.19. The molecule has 0 aliphatic carbocycles. The molecule has 106 valence electrons. The number of halogens is 1. The maximum absolute atomic E-state index is 12.8. The average molecular weight is 398 g/mol. The van der Waals surface area contributed by atoms with Crippen molar-refractivity contribution in [2.75, 3.05) is 0 Å². The Labute approximate surface area is 140 Å². The number of ketones is 1. The predicted octanol–water partition coefficient (Wildman–Crippen LogP) is 4.32. The Morgan fingerprint density at radius 2 is 1.73 bits per heavy atom. The van der Waals surface area contributed by atoms with E-state index in [0.717, 1.165) is 20.0 Å². The number of carbonyl (C=O) groups is 1. The van der Waals surface area contributed by atoms with E-state index in [1.165, 1.54) is 0 Å². The molecule has 2 aromatic carbocycles. The molecule has 0 fully saturated rings. The number of aromatic nitrogens is 2. The Hall–Kier alpha value is -2.21. The van der Waals surface area contributed by atoms with Crippen molar-refractivity contribution < 1.29 is 4.79 Å². The van der Waals surface area contributed by atoms with E-state index < -0.39 is 0 Å². The number of fused-ring (bicyclic) bond motifs is 2. The third kappa shape index (κ3) is 2.11. The Balaban J connectivity index is 1.88. The second kappa shape index (κ2) is 5.21. The lowest BCUT2D eigenvalue weighted by atomic mass is 10.0. The van der Waals surface area contributed by atoms with Gasteiger partial charge in [-0.15, -0.1) is 0 Å². The number of hydrogen-bond acceptors (Lipinski definition) is 2. The smallest absolute Gasteiger partial charge is 0.228 e. The van der Waals surface area contributed by atoms with Gasteiger partial charge in [0.2, 0.25) is 5.78 Å². The minimum Gasteiger partial charge on any atom is -0.296 e. The van der Waals surface area contributed by atoms with E-state index >= 15 is 0 Å². The van der Waals surface area contributed by atoms with Gasteiger partial charge in [0.05, 0.1) is 5.52 Å². The quantitative estimate of drug-likeness (QED) is 0.372. The zero-order valence-electron chi connectivity index (χ0n) is 11.5. The van der Waals surface area contributed by atoms with Crippen LogP contribution in [0.5, 0.6) is 0 Å². The fourth-order valence-electron chi connectivity index (χ4n) is 2.62. The molecule has 0 bridgehead atoms. The van der Waals surface area contributed by atoms with Crippen molar-refractivity contribution in [3.8, 4) is 0 Å². The molecule has 0 radical (unpaired) electrons. The normalized spacial score (nSPS) is 11.1. The van der Waals surface area contributed by atoms with Gasteiger partial charge in [0.25, 0.3) is 0 Å². The molecule has 3 nitrogen and oxygen atoms in total. The molecule has 22 heavy (non-hydrogen) atoms. The second-order valence-corrected chi connectivity index (χ2v) is 6.09. The number of pyridine rings is 1. The molecule has 0 saturated heterocycles. The number of benzene rings is 2. The lowest BCUT2D eigenvalue weighted by Gasteiger charge is -2.03. The first kappa shape index (κ1) is 13.5. The number of rotatable bonds is 2. The zero-order valence-corrected chi connectivity index (χ0v) is 13.7. The van der Waals surface area contributed by atoms with Crippen LogP contribution in [0.3, 0.4) is 0 Å². The van der Waals surface area contributed by atoms with Crippen LogP contribution in [-0.4, -0.2) is 15.2 Å². The van der Waals surface area contributed by atoms with Gasteiger partial charge in [0.15, 0.2) is 5.82 Å². The predicted molar refractivity (Wildman–Crippen MR) is 95.3 cm³/mol. The van der Waals surface area contributed by atoms with Crippen LogP contribution >= 0.6 is 22.6 Å². The van der Waals surface area contributed by atoms with Gasteiger partial charge < -0.3 is 0 Å². The van der Waals surface area contributed by atoms with Crippen molar-refractivity contribution in [1.29, 1.82) is 0 Å². The molecule has 0 saturated carbocycles. The van der Waals surface area contributed by atoms with Crippen LogP contribution in [0, 0.1) is 3.70 Å². The van der Waals surface area contributed by atoms with Crippen LogP contribution in [0.4, 0.5) is 0 Å². The maximum Gasteiger partial charge on any atom is 0.228 e. The van der Waals surface area contributed by atoms with Gasteiger partial charge in [0.1, 0.15) is 3.70 Å². The van der Waals surface area contributed by atoms with Crippen molar-refractivity contribution in [2.45, 2.75) is 0 Å². The van der Waals surface area contributed by atoms with Crippen LogP contribution in [-0.2, 0) is 0 Å². The Morgan fingerprint density at radius 1 is 0.955 bits per heavy atom. The highest BCUT2D eigenvalue weighted by atomic mass is 127. The number of nitrogens with zero attached hydrogens (tertiary/aromatic N) is 2. The lowest BCUT2D eigenvalue weighted by molar-refractivity contribution is 0.102. The molecule has 2 aromatic heterocycles. The van der Waals surface area contributed by atoms with Gasteiger partial charge in [-0.05, 0) is 51.6 Å². The molecule has 0 atom stereocenters. The van der Waals surface area contributed by atoms with Crippen molar-refractivity contribution >= 4 is 44.7 Å². The SMILES string of the molecule is O=C(c1ccc2ccccc2c1)c1nc(I)c2ccccn12. The number of carbonyl (C=O) groups excluding carboxylic acids is 1. The molecule has 0 unspecified atom stereocenters. The Kier molecular flexibility index (Phi) is 3.18. The number of hydrogen-bond donors (Lipinski definition) is 0. The van der Waals surface area contributed by atoms with E-state index in [4.69, 9.17) is 0 Å². The second-order valence-electron chi connectivity index (χ2n) is 5.07. The summed E-state index contributed by atoms with van der Waals surface area (Å²) < 4.78 is 2.68. The van der Waals surface area contributed by atoms with Crippen molar-refractivity contribution in [2.24, 2.45) is 0 Å². The first-order chi connectivity index (χ1) is 10.7. The Morgan fingerprint density at radius 3 is 2.59 bits per heavy atom. The number of imidazole rings is 1. The molecule has 0 aliphatic heterocycles. The molecule has 0 N–H and O–H groups in total. The summed E-state index contributed by atoms with van der Waals surface area (Å²) >= 11 is 2.16. The van der Waals surface area contributed by atoms with Crippen LogP contribution in [0.15, 0.2) is 66.9 Å². The van der Waals surface area contributed by atoms with E-state index in [1.54, 1.807) is 0 Å². The van der Waals surface area contributed by atoms with Crippen molar-refractivity contribution in [3.63, 3.8) is 0 Å². The van der Waals surface area contributed by atoms with Crippen molar-refractivity contribution in [3.05, 3.63) is 81.9 Å². The van der Waals surface area contributed by atoms with E-state index in [2.05, 4.69) is 27.6 Å². The largest absolute Gasteiger partial charge is 0.296 e. The van der Waals surface area contributed by atoms with E-state index in [0.29, 0.717) is 11.4 Å². The first-order valence-electron chi connectivity index (χ1n) is 6.90. The standard InChI is InChI=1S/C18H11IN2O/c19-17-15-7-3-4-10-21(15)18(20-17)16(22)14-9-8-12-5-1-2-6-13(12)11-14/h1-11H. The average Bonchev–Trinajstić information content (AvgIpc) is 2.91. The summed E-state index contributed by atoms with van der Waals surface area (Å²) in [5.74, 6) is 0.394. The van der Waals surface area contributed by atoms with Crippen LogP contribution in [0.25, 0.3) is 16.3 Å².